The maximum Gasteiger partial charge on any atom is 0.119 e. The van der Waals surface area contributed by atoms with Crippen molar-refractivity contribution >= 4 is 13.3 Å². The highest BCUT2D eigenvalue weighted by Gasteiger charge is 2.49. The number of rotatable bonds is 4. The molecule has 0 N–H and O–H groups in total. The average molecular weight is 341 g/mol. The van der Waals surface area contributed by atoms with Gasteiger partial charge in [0.05, 0.1) is 0 Å². The third-order valence-electron chi connectivity index (χ3n) is 6.61. The zero-order valence-corrected chi connectivity index (χ0v) is 18.5. The molecule has 1 heteroatoms. The summed E-state index contributed by atoms with van der Waals surface area (Å²) in [6, 6.07) is 7.31. The standard InChI is InChI=1S/C23H36Si/c1-14(2)24(15(3)4,22-12-16(5)11-17(6)13-22)23-20(9)18(7)19(8)21(23)10/h11-15,20H,1-10H3. The molecule has 0 bridgehead atoms. The molecule has 0 radical (unpaired) electrons. The minimum atomic E-state index is -1.83. The van der Waals surface area contributed by atoms with Crippen LogP contribution >= 0.6 is 0 Å². The van der Waals surface area contributed by atoms with Gasteiger partial charge < -0.3 is 0 Å². The molecule has 0 aliphatic heterocycles. The number of benzene rings is 1. The van der Waals surface area contributed by atoms with Gasteiger partial charge in [-0.2, -0.15) is 0 Å². The lowest BCUT2D eigenvalue weighted by Crippen LogP contribution is -2.56. The van der Waals surface area contributed by atoms with Crippen molar-refractivity contribution in [2.24, 2.45) is 5.92 Å². The summed E-state index contributed by atoms with van der Waals surface area (Å²) in [5.41, 5.74) is 8.94. The van der Waals surface area contributed by atoms with Crippen LogP contribution in [0.4, 0.5) is 0 Å². The van der Waals surface area contributed by atoms with Crippen LogP contribution in [0.25, 0.3) is 0 Å². The third kappa shape index (κ3) is 2.75. The maximum absolute atomic E-state index is 2.50. The lowest BCUT2D eigenvalue weighted by Gasteiger charge is -2.44. The lowest BCUT2D eigenvalue weighted by atomic mass is 10.1. The Kier molecular flexibility index (Phi) is 5.35. The van der Waals surface area contributed by atoms with E-state index in [0.717, 1.165) is 0 Å². The number of hydrogen-bond acceptors (Lipinski definition) is 0. The first-order valence-corrected chi connectivity index (χ1v) is 11.7. The molecule has 24 heavy (non-hydrogen) atoms. The third-order valence-corrected chi connectivity index (χ3v) is 13.2. The highest BCUT2D eigenvalue weighted by Crippen LogP contribution is 2.49. The molecule has 0 amide bonds. The topological polar surface area (TPSA) is 0 Å². The summed E-state index contributed by atoms with van der Waals surface area (Å²) in [5.74, 6) is 0.599. The molecule has 1 aliphatic carbocycles. The first kappa shape index (κ1) is 19.2. The van der Waals surface area contributed by atoms with Crippen LogP contribution in [0.2, 0.25) is 11.1 Å². The number of aryl methyl sites for hydroxylation is 2. The van der Waals surface area contributed by atoms with Crippen LogP contribution in [0.1, 0.15) is 66.5 Å². The number of hydrogen-bond donors (Lipinski definition) is 0. The zero-order chi connectivity index (χ0) is 18.4. The Morgan fingerprint density at radius 2 is 1.21 bits per heavy atom. The second-order valence-electron chi connectivity index (χ2n) is 8.62. The van der Waals surface area contributed by atoms with Crippen molar-refractivity contribution < 1.29 is 0 Å². The Morgan fingerprint density at radius 1 is 0.750 bits per heavy atom. The summed E-state index contributed by atoms with van der Waals surface area (Å²) in [4.78, 5) is 0. The fourth-order valence-electron chi connectivity index (χ4n) is 5.36. The molecule has 1 aromatic rings. The molecule has 0 aromatic heterocycles. The molecule has 0 spiro atoms. The molecule has 0 saturated carbocycles. The van der Waals surface area contributed by atoms with Crippen LogP contribution in [0, 0.1) is 19.8 Å². The predicted molar refractivity (Wildman–Crippen MR) is 112 cm³/mol. The molecule has 1 atom stereocenters. The van der Waals surface area contributed by atoms with Gasteiger partial charge in [-0.1, -0.05) is 85.5 Å². The van der Waals surface area contributed by atoms with Crippen molar-refractivity contribution in [3.8, 4) is 0 Å². The van der Waals surface area contributed by atoms with Crippen LogP contribution in [0.5, 0.6) is 0 Å². The van der Waals surface area contributed by atoms with Crippen molar-refractivity contribution in [1.29, 1.82) is 0 Å². The Morgan fingerprint density at radius 3 is 1.54 bits per heavy atom. The van der Waals surface area contributed by atoms with Gasteiger partial charge in [0, 0.05) is 0 Å². The summed E-state index contributed by atoms with van der Waals surface area (Å²) in [5, 5.41) is 3.45. The summed E-state index contributed by atoms with van der Waals surface area (Å²) < 4.78 is 0. The second-order valence-corrected chi connectivity index (χ2v) is 13.8. The summed E-state index contributed by atoms with van der Waals surface area (Å²) in [6.45, 7) is 23.9. The molecule has 132 valence electrons. The van der Waals surface area contributed by atoms with Gasteiger partial charge in [-0.05, 0) is 57.2 Å². The average Bonchev–Trinajstić information content (AvgIpc) is 2.64. The lowest BCUT2D eigenvalue weighted by molar-refractivity contribution is 0.814. The van der Waals surface area contributed by atoms with Crippen LogP contribution in [0.15, 0.2) is 40.1 Å². The van der Waals surface area contributed by atoms with Gasteiger partial charge in [-0.25, -0.2) is 0 Å². The molecule has 1 unspecified atom stereocenters. The maximum atomic E-state index is 2.50. The van der Waals surface area contributed by atoms with E-state index in [1.54, 1.807) is 27.1 Å². The van der Waals surface area contributed by atoms with Crippen molar-refractivity contribution in [3.63, 3.8) is 0 Å². The first-order chi connectivity index (χ1) is 11.0. The Balaban J connectivity index is 2.85. The van der Waals surface area contributed by atoms with Crippen LogP contribution < -0.4 is 5.19 Å². The molecule has 0 nitrogen and oxygen atoms in total. The van der Waals surface area contributed by atoms with Gasteiger partial charge in [0.25, 0.3) is 0 Å². The highest BCUT2D eigenvalue weighted by atomic mass is 28.3. The van der Waals surface area contributed by atoms with E-state index in [4.69, 9.17) is 0 Å². The first-order valence-electron chi connectivity index (χ1n) is 9.52. The minimum Gasteiger partial charge on any atom is -0.0652 e. The summed E-state index contributed by atoms with van der Waals surface area (Å²) >= 11 is 0. The highest BCUT2D eigenvalue weighted by molar-refractivity contribution is 6.99. The molecule has 1 aliphatic rings. The van der Waals surface area contributed by atoms with E-state index in [-0.39, 0.29) is 0 Å². The second kappa shape index (κ2) is 6.67. The van der Waals surface area contributed by atoms with E-state index >= 15 is 0 Å². The van der Waals surface area contributed by atoms with Gasteiger partial charge in [-0.15, -0.1) is 0 Å². The smallest absolute Gasteiger partial charge is 0.0652 e. The van der Waals surface area contributed by atoms with Crippen molar-refractivity contribution in [2.45, 2.75) is 80.3 Å². The van der Waals surface area contributed by atoms with Gasteiger partial charge in [0.1, 0.15) is 8.07 Å². The Bertz CT molecular complexity index is 672. The predicted octanol–water partition coefficient (Wildman–Crippen LogP) is 6.62. The van der Waals surface area contributed by atoms with E-state index in [9.17, 15) is 0 Å². The molecule has 2 rings (SSSR count). The van der Waals surface area contributed by atoms with E-state index in [0.29, 0.717) is 17.0 Å². The van der Waals surface area contributed by atoms with Crippen LogP contribution in [-0.4, -0.2) is 8.07 Å². The number of allylic oxidation sites excluding steroid dienone is 4. The molecule has 1 aromatic carbocycles. The molecule has 0 heterocycles. The Hall–Kier alpha value is -1.08. The zero-order valence-electron chi connectivity index (χ0n) is 17.5. The van der Waals surface area contributed by atoms with Gasteiger partial charge in [0.15, 0.2) is 0 Å². The van der Waals surface area contributed by atoms with Gasteiger partial charge >= 0.3 is 0 Å². The van der Waals surface area contributed by atoms with Gasteiger partial charge in [0.2, 0.25) is 0 Å². The van der Waals surface area contributed by atoms with E-state index in [1.807, 2.05) is 0 Å². The normalized spacial score (nSPS) is 19.2. The van der Waals surface area contributed by atoms with E-state index < -0.39 is 8.07 Å². The van der Waals surface area contributed by atoms with E-state index in [2.05, 4.69) is 87.4 Å². The van der Waals surface area contributed by atoms with Crippen molar-refractivity contribution in [3.05, 3.63) is 51.2 Å². The summed E-state index contributed by atoms with van der Waals surface area (Å²) in [7, 11) is -1.83. The molecular formula is C23H36Si. The Labute approximate surface area is 151 Å². The molecular weight excluding hydrogens is 304 g/mol. The summed E-state index contributed by atoms with van der Waals surface area (Å²) in [6.07, 6.45) is 0. The van der Waals surface area contributed by atoms with Crippen LogP contribution in [-0.2, 0) is 0 Å². The van der Waals surface area contributed by atoms with Crippen molar-refractivity contribution in [1.82, 2.24) is 0 Å². The van der Waals surface area contributed by atoms with Crippen LogP contribution in [0.3, 0.4) is 0 Å². The molecule has 0 fully saturated rings. The van der Waals surface area contributed by atoms with Crippen molar-refractivity contribution in [2.75, 3.05) is 0 Å². The quantitative estimate of drug-likeness (QED) is 0.540. The monoisotopic (exact) mass is 340 g/mol. The fourth-order valence-corrected chi connectivity index (χ4v) is 12.3. The molecule has 0 saturated heterocycles. The van der Waals surface area contributed by atoms with E-state index in [1.165, 1.54) is 11.1 Å². The largest absolute Gasteiger partial charge is 0.119 e. The minimum absolute atomic E-state index is 0.599. The SMILES string of the molecule is CC1=C(C)C(C)C([Si](c2cc(C)cc(C)c2)(C(C)C)C(C)C)=C1C. The fraction of sp³-hybridized carbons (Fsp3) is 0.565. The van der Waals surface area contributed by atoms with Gasteiger partial charge in [-0.3, -0.25) is 0 Å².